The van der Waals surface area contributed by atoms with Crippen LogP contribution in [0.3, 0.4) is 0 Å². The lowest BCUT2D eigenvalue weighted by atomic mass is 10.00. The van der Waals surface area contributed by atoms with Gasteiger partial charge in [-0.1, -0.05) is 6.07 Å². The number of aromatic nitrogens is 3. The lowest BCUT2D eigenvalue weighted by molar-refractivity contribution is 0.112. The van der Waals surface area contributed by atoms with Gasteiger partial charge in [-0.15, -0.1) is 0 Å². The number of pyridine rings is 1. The van der Waals surface area contributed by atoms with Crippen molar-refractivity contribution in [2.45, 2.75) is 26.3 Å². The van der Waals surface area contributed by atoms with Crippen LogP contribution in [0, 0.1) is 18.8 Å². The predicted molar refractivity (Wildman–Crippen MR) is 133 cm³/mol. The molecule has 34 heavy (non-hydrogen) atoms. The van der Waals surface area contributed by atoms with Gasteiger partial charge in [0, 0.05) is 61.1 Å². The molecule has 0 N–H and O–H groups in total. The molecule has 1 saturated carbocycles. The summed E-state index contributed by atoms with van der Waals surface area (Å²) in [4.78, 5) is 13.9. The fourth-order valence-corrected chi connectivity index (χ4v) is 5.28. The Balaban J connectivity index is 1.47. The average Bonchev–Trinajstić information content (AvgIpc) is 3.50. The third-order valence-corrected chi connectivity index (χ3v) is 7.30. The molecule has 0 bridgehead atoms. The second-order valence-corrected chi connectivity index (χ2v) is 9.78. The molecule has 0 radical (unpaired) electrons. The van der Waals surface area contributed by atoms with Crippen molar-refractivity contribution >= 4 is 28.4 Å². The predicted octanol–water partition coefficient (Wildman–Crippen LogP) is 4.58. The monoisotopic (exact) mass is 458 g/mol. The number of fused-ring (bicyclic) bond motifs is 2. The summed E-state index contributed by atoms with van der Waals surface area (Å²) in [6, 6.07) is 10.8. The Hall–Kier alpha value is -3.32. The van der Waals surface area contributed by atoms with Crippen LogP contribution in [0.2, 0.25) is 0 Å². The molecule has 1 aliphatic carbocycles. The molecular weight excluding hydrogens is 428 g/mol. The summed E-state index contributed by atoms with van der Waals surface area (Å²) in [5, 5.41) is 6.16. The van der Waals surface area contributed by atoms with Crippen molar-refractivity contribution in [2.24, 2.45) is 11.8 Å². The van der Waals surface area contributed by atoms with E-state index in [1.165, 1.54) is 29.4 Å². The Morgan fingerprint density at radius 3 is 2.65 bits per heavy atom. The maximum absolute atomic E-state index is 11.4. The van der Waals surface area contributed by atoms with Gasteiger partial charge in [0.2, 0.25) is 0 Å². The lowest BCUT2D eigenvalue weighted by Gasteiger charge is -2.40. The van der Waals surface area contributed by atoms with Crippen LogP contribution >= 0.6 is 0 Å². The normalized spacial score (nSPS) is 16.4. The number of carbonyl (C=O) groups excluding carboxylic acids is 1. The van der Waals surface area contributed by atoms with Crippen molar-refractivity contribution in [3.05, 3.63) is 47.7 Å². The van der Waals surface area contributed by atoms with E-state index in [0.717, 1.165) is 60.9 Å². The highest BCUT2D eigenvalue weighted by molar-refractivity contribution is 5.91. The van der Waals surface area contributed by atoms with Crippen LogP contribution in [0.1, 0.15) is 28.8 Å². The number of nitrogens with zero attached hydrogens (tertiary/aromatic N) is 4. The third-order valence-electron chi connectivity index (χ3n) is 7.30. The van der Waals surface area contributed by atoms with Gasteiger partial charge in [-0.05, 0) is 49.9 Å². The molecule has 0 unspecified atom stereocenters. The van der Waals surface area contributed by atoms with E-state index in [9.17, 15) is 4.79 Å². The lowest BCUT2D eigenvalue weighted by Crippen LogP contribution is -2.48. The summed E-state index contributed by atoms with van der Waals surface area (Å²) >= 11 is 0. The standard InChI is InChI=1S/C27H30N4O3/c1-17-26(28-31-14-19(15-32)8-25(34-3)27(17)31)24-9-21-6-7-22(29-11-20(12-29)16-33-2)10-23(21)30(24)13-18-4-5-18/h6-10,14-15,18,20H,4-5,11-13,16H2,1-3H3. The molecule has 0 amide bonds. The van der Waals surface area contributed by atoms with Gasteiger partial charge in [0.1, 0.15) is 17.0 Å². The smallest absolute Gasteiger partial charge is 0.151 e. The number of anilines is 1. The van der Waals surface area contributed by atoms with Gasteiger partial charge >= 0.3 is 0 Å². The molecule has 176 valence electrons. The van der Waals surface area contributed by atoms with Crippen molar-refractivity contribution in [2.75, 3.05) is 38.8 Å². The van der Waals surface area contributed by atoms with Crippen LogP contribution < -0.4 is 9.64 Å². The van der Waals surface area contributed by atoms with Gasteiger partial charge in [-0.2, -0.15) is 5.10 Å². The molecule has 0 atom stereocenters. The number of rotatable bonds is 8. The largest absolute Gasteiger partial charge is 0.494 e. The minimum atomic E-state index is 0.544. The number of ether oxygens (including phenoxy) is 2. The molecule has 1 saturated heterocycles. The van der Waals surface area contributed by atoms with E-state index in [1.807, 2.05) is 0 Å². The number of hydrogen-bond donors (Lipinski definition) is 0. The minimum Gasteiger partial charge on any atom is -0.494 e. The number of hydrogen-bond acceptors (Lipinski definition) is 5. The van der Waals surface area contributed by atoms with Gasteiger partial charge in [0.15, 0.2) is 6.29 Å². The van der Waals surface area contributed by atoms with Gasteiger partial charge in [-0.3, -0.25) is 4.79 Å². The Morgan fingerprint density at radius 2 is 1.94 bits per heavy atom. The average molecular weight is 459 g/mol. The number of aldehydes is 1. The zero-order valence-electron chi connectivity index (χ0n) is 20.0. The van der Waals surface area contributed by atoms with Crippen molar-refractivity contribution in [3.8, 4) is 17.1 Å². The summed E-state index contributed by atoms with van der Waals surface area (Å²) in [7, 11) is 3.41. The fraction of sp³-hybridized carbons (Fsp3) is 0.407. The fourth-order valence-electron chi connectivity index (χ4n) is 5.28. The number of aryl methyl sites for hydroxylation is 1. The molecule has 2 fully saturated rings. The van der Waals surface area contributed by atoms with Crippen LogP contribution in [0.5, 0.6) is 5.75 Å². The maximum atomic E-state index is 11.4. The van der Waals surface area contributed by atoms with Crippen LogP contribution in [0.4, 0.5) is 5.69 Å². The maximum Gasteiger partial charge on any atom is 0.151 e. The molecule has 1 aromatic carbocycles. The van der Waals surface area contributed by atoms with Crippen LogP contribution in [-0.4, -0.2) is 54.4 Å². The number of benzene rings is 1. The Bertz CT molecular complexity index is 1390. The molecule has 3 aromatic heterocycles. The zero-order chi connectivity index (χ0) is 23.4. The first-order valence-electron chi connectivity index (χ1n) is 12.0. The quantitative estimate of drug-likeness (QED) is 0.362. The summed E-state index contributed by atoms with van der Waals surface area (Å²) in [6.45, 7) is 5.99. The first-order valence-corrected chi connectivity index (χ1v) is 12.0. The van der Waals surface area contributed by atoms with E-state index >= 15 is 0 Å². The first-order chi connectivity index (χ1) is 16.6. The van der Waals surface area contributed by atoms with Crippen LogP contribution in [0.15, 0.2) is 36.5 Å². The van der Waals surface area contributed by atoms with Crippen molar-refractivity contribution in [1.82, 2.24) is 14.2 Å². The van der Waals surface area contributed by atoms with E-state index in [-0.39, 0.29) is 0 Å². The molecular formula is C27H30N4O3. The van der Waals surface area contributed by atoms with E-state index in [2.05, 4.69) is 40.7 Å². The minimum absolute atomic E-state index is 0.544. The van der Waals surface area contributed by atoms with Crippen LogP contribution in [-0.2, 0) is 11.3 Å². The van der Waals surface area contributed by atoms with Gasteiger partial charge in [0.25, 0.3) is 0 Å². The molecule has 4 heterocycles. The molecule has 4 aromatic rings. The topological polar surface area (TPSA) is 61.0 Å². The number of carbonyl (C=O) groups is 1. The summed E-state index contributed by atoms with van der Waals surface area (Å²) in [5.74, 6) is 2.00. The van der Waals surface area contributed by atoms with Crippen molar-refractivity contribution in [1.29, 1.82) is 0 Å². The third kappa shape index (κ3) is 3.46. The van der Waals surface area contributed by atoms with Gasteiger partial charge in [0.05, 0.1) is 24.9 Å². The highest BCUT2D eigenvalue weighted by Gasteiger charge is 2.29. The highest BCUT2D eigenvalue weighted by Crippen LogP contribution is 2.39. The molecule has 1 aliphatic heterocycles. The van der Waals surface area contributed by atoms with E-state index in [0.29, 0.717) is 17.2 Å². The summed E-state index contributed by atoms with van der Waals surface area (Å²) < 4.78 is 15.2. The molecule has 2 aliphatic rings. The first kappa shape index (κ1) is 21.2. The Morgan fingerprint density at radius 1 is 1.12 bits per heavy atom. The van der Waals surface area contributed by atoms with Gasteiger partial charge < -0.3 is 18.9 Å². The van der Waals surface area contributed by atoms with E-state index < -0.39 is 0 Å². The van der Waals surface area contributed by atoms with Crippen LogP contribution in [0.25, 0.3) is 27.8 Å². The zero-order valence-corrected chi connectivity index (χ0v) is 20.0. The van der Waals surface area contributed by atoms with E-state index in [4.69, 9.17) is 14.6 Å². The molecule has 7 nitrogen and oxygen atoms in total. The highest BCUT2D eigenvalue weighted by atomic mass is 16.5. The molecule has 6 rings (SSSR count). The van der Waals surface area contributed by atoms with Crippen molar-refractivity contribution < 1.29 is 14.3 Å². The SMILES string of the molecule is COCC1CN(c2ccc3cc(-c4nn5cc(C=O)cc(OC)c5c4C)n(CC4CC4)c3c2)C1. The summed E-state index contributed by atoms with van der Waals surface area (Å²) in [6.07, 6.45) is 5.17. The van der Waals surface area contributed by atoms with Gasteiger partial charge in [-0.25, -0.2) is 4.52 Å². The second kappa shape index (κ2) is 8.17. The second-order valence-electron chi connectivity index (χ2n) is 9.78. The van der Waals surface area contributed by atoms with E-state index in [1.54, 1.807) is 31.0 Å². The van der Waals surface area contributed by atoms with Crippen molar-refractivity contribution in [3.63, 3.8) is 0 Å². The molecule has 0 spiro atoms. The molecule has 7 heteroatoms. The summed E-state index contributed by atoms with van der Waals surface area (Å²) in [5.41, 5.74) is 7.08. The Kier molecular flexibility index (Phi) is 5.10. The Labute approximate surface area is 198 Å². The number of methoxy groups -OCH3 is 2.